The lowest BCUT2D eigenvalue weighted by molar-refractivity contribution is 0.0699. The highest BCUT2D eigenvalue weighted by molar-refractivity contribution is 5.78. The van der Waals surface area contributed by atoms with Gasteiger partial charge in [-0.15, -0.1) is 0 Å². The molecule has 2 aromatic rings. The van der Waals surface area contributed by atoms with E-state index >= 15 is 0 Å². The fraction of sp³-hybridized carbons (Fsp3) is 0.429. The summed E-state index contributed by atoms with van der Waals surface area (Å²) in [5.41, 5.74) is 0.104. The van der Waals surface area contributed by atoms with Crippen molar-refractivity contribution in [2.24, 2.45) is 5.92 Å². The largest absolute Gasteiger partial charge is 0.381 e. The third kappa shape index (κ3) is 2.80. The molecule has 0 atom stereocenters. The number of ether oxygens (including phenoxy) is 1. The molecule has 0 unspecified atom stereocenters. The van der Waals surface area contributed by atoms with Gasteiger partial charge < -0.3 is 10.1 Å². The molecule has 0 spiro atoms. The van der Waals surface area contributed by atoms with Crippen LogP contribution < -0.4 is 10.9 Å². The van der Waals surface area contributed by atoms with Crippen molar-refractivity contribution in [3.63, 3.8) is 0 Å². The van der Waals surface area contributed by atoms with Gasteiger partial charge in [0.2, 0.25) is 5.95 Å². The number of H-pyrrole nitrogens is 1. The fourth-order valence-corrected chi connectivity index (χ4v) is 2.39. The van der Waals surface area contributed by atoms with Crippen molar-refractivity contribution in [1.29, 1.82) is 0 Å². The van der Waals surface area contributed by atoms with Gasteiger partial charge in [-0.1, -0.05) is 0 Å². The first-order valence-electron chi connectivity index (χ1n) is 6.73. The number of fused-ring (bicyclic) bond motifs is 1. The number of hydrogen-bond acceptors (Lipinski definition) is 4. The molecule has 0 bridgehead atoms. The maximum absolute atomic E-state index is 13.2. The number of halogens is 1. The summed E-state index contributed by atoms with van der Waals surface area (Å²) in [7, 11) is 0. The molecule has 1 aromatic heterocycles. The van der Waals surface area contributed by atoms with Gasteiger partial charge in [-0.05, 0) is 30.9 Å². The van der Waals surface area contributed by atoms with Crippen molar-refractivity contribution in [3.8, 4) is 0 Å². The van der Waals surface area contributed by atoms with E-state index in [1.807, 2.05) is 0 Å². The second kappa shape index (κ2) is 5.58. The molecule has 0 saturated carbocycles. The van der Waals surface area contributed by atoms with Crippen LogP contribution in [0.1, 0.15) is 12.8 Å². The van der Waals surface area contributed by atoms with Crippen LogP contribution in [-0.4, -0.2) is 29.7 Å². The molecule has 0 aliphatic carbocycles. The second-order valence-corrected chi connectivity index (χ2v) is 5.01. The van der Waals surface area contributed by atoms with E-state index in [4.69, 9.17) is 4.74 Å². The van der Waals surface area contributed by atoms with Gasteiger partial charge in [-0.25, -0.2) is 9.37 Å². The first-order chi connectivity index (χ1) is 9.72. The highest BCUT2D eigenvalue weighted by Crippen LogP contribution is 2.15. The average Bonchev–Trinajstić information content (AvgIpc) is 2.46. The normalized spacial score (nSPS) is 16.4. The van der Waals surface area contributed by atoms with E-state index in [2.05, 4.69) is 15.3 Å². The minimum Gasteiger partial charge on any atom is -0.381 e. The van der Waals surface area contributed by atoms with Crippen LogP contribution >= 0.6 is 0 Å². The fourth-order valence-electron chi connectivity index (χ4n) is 2.39. The van der Waals surface area contributed by atoms with E-state index in [9.17, 15) is 9.18 Å². The van der Waals surface area contributed by atoms with Crippen LogP contribution in [-0.2, 0) is 4.74 Å². The van der Waals surface area contributed by atoms with Gasteiger partial charge in [0.1, 0.15) is 5.82 Å². The van der Waals surface area contributed by atoms with E-state index in [1.165, 1.54) is 18.2 Å². The van der Waals surface area contributed by atoms with Crippen LogP contribution in [0.25, 0.3) is 10.9 Å². The van der Waals surface area contributed by atoms with Gasteiger partial charge in [0.15, 0.2) is 0 Å². The van der Waals surface area contributed by atoms with Crippen molar-refractivity contribution in [2.75, 3.05) is 25.1 Å². The van der Waals surface area contributed by atoms with Gasteiger partial charge in [-0.2, -0.15) is 0 Å². The molecule has 5 nitrogen and oxygen atoms in total. The Morgan fingerprint density at radius 2 is 2.20 bits per heavy atom. The molecule has 1 aromatic carbocycles. The Labute approximate surface area is 115 Å². The SMILES string of the molecule is O=c1[nH]c(NCC2CCOCC2)nc2cc(F)ccc12. The quantitative estimate of drug-likeness (QED) is 0.899. The Hall–Kier alpha value is -1.95. The zero-order chi connectivity index (χ0) is 13.9. The number of benzene rings is 1. The van der Waals surface area contributed by atoms with Crippen LogP contribution in [0.5, 0.6) is 0 Å². The maximum atomic E-state index is 13.2. The average molecular weight is 277 g/mol. The molecule has 1 fully saturated rings. The molecule has 1 saturated heterocycles. The van der Waals surface area contributed by atoms with Crippen molar-refractivity contribution in [3.05, 3.63) is 34.4 Å². The number of nitrogens with zero attached hydrogens (tertiary/aromatic N) is 1. The van der Waals surface area contributed by atoms with Crippen molar-refractivity contribution in [1.82, 2.24) is 9.97 Å². The maximum Gasteiger partial charge on any atom is 0.260 e. The summed E-state index contributed by atoms with van der Waals surface area (Å²) in [4.78, 5) is 18.8. The van der Waals surface area contributed by atoms with Crippen LogP contribution in [0.4, 0.5) is 10.3 Å². The van der Waals surface area contributed by atoms with E-state index in [1.54, 1.807) is 0 Å². The molecule has 0 radical (unpaired) electrons. The number of aromatic amines is 1. The van der Waals surface area contributed by atoms with E-state index < -0.39 is 5.82 Å². The lowest BCUT2D eigenvalue weighted by Crippen LogP contribution is -2.24. The molecule has 6 heteroatoms. The summed E-state index contributed by atoms with van der Waals surface area (Å²) in [6.45, 7) is 2.28. The van der Waals surface area contributed by atoms with Gasteiger partial charge in [0.05, 0.1) is 10.9 Å². The molecule has 20 heavy (non-hydrogen) atoms. The summed E-state index contributed by atoms with van der Waals surface area (Å²) in [6.07, 6.45) is 2.00. The highest BCUT2D eigenvalue weighted by Gasteiger charge is 2.14. The summed E-state index contributed by atoms with van der Waals surface area (Å²) in [6, 6.07) is 3.97. The monoisotopic (exact) mass is 277 g/mol. The first-order valence-corrected chi connectivity index (χ1v) is 6.73. The lowest BCUT2D eigenvalue weighted by Gasteiger charge is -2.22. The number of nitrogens with one attached hydrogen (secondary N) is 2. The highest BCUT2D eigenvalue weighted by atomic mass is 19.1. The molecular formula is C14H16FN3O2. The Balaban J connectivity index is 1.79. The summed E-state index contributed by atoms with van der Waals surface area (Å²) < 4.78 is 18.5. The molecule has 2 N–H and O–H groups in total. The summed E-state index contributed by atoms with van der Waals surface area (Å²) in [5, 5.41) is 3.51. The second-order valence-electron chi connectivity index (χ2n) is 5.01. The van der Waals surface area contributed by atoms with Gasteiger partial charge in [-0.3, -0.25) is 9.78 Å². The predicted molar refractivity (Wildman–Crippen MR) is 74.4 cm³/mol. The Morgan fingerprint density at radius 3 is 3.00 bits per heavy atom. The standard InChI is InChI=1S/C14H16FN3O2/c15-10-1-2-11-12(7-10)17-14(18-13(11)19)16-8-9-3-5-20-6-4-9/h1-2,7,9H,3-6,8H2,(H2,16,17,18,19). The third-order valence-electron chi connectivity index (χ3n) is 3.57. The van der Waals surface area contributed by atoms with Crippen LogP contribution in [0, 0.1) is 11.7 Å². The van der Waals surface area contributed by atoms with Gasteiger partial charge in [0, 0.05) is 25.8 Å². The van der Waals surface area contributed by atoms with Crippen molar-refractivity contribution >= 4 is 16.9 Å². The Kier molecular flexibility index (Phi) is 3.64. The topological polar surface area (TPSA) is 67.0 Å². The zero-order valence-corrected chi connectivity index (χ0v) is 11.0. The molecule has 3 rings (SSSR count). The molecule has 0 amide bonds. The van der Waals surface area contributed by atoms with Gasteiger partial charge >= 0.3 is 0 Å². The van der Waals surface area contributed by atoms with E-state index in [0.717, 1.165) is 32.6 Å². The third-order valence-corrected chi connectivity index (χ3v) is 3.57. The number of aromatic nitrogens is 2. The molecule has 2 heterocycles. The van der Waals surface area contributed by atoms with Crippen LogP contribution in [0.2, 0.25) is 0 Å². The lowest BCUT2D eigenvalue weighted by atomic mass is 10.0. The zero-order valence-electron chi connectivity index (χ0n) is 11.0. The predicted octanol–water partition coefficient (Wildman–Crippen LogP) is 1.90. The minimum atomic E-state index is -0.397. The number of anilines is 1. The summed E-state index contributed by atoms with van der Waals surface area (Å²) >= 11 is 0. The van der Waals surface area contributed by atoms with Gasteiger partial charge in [0.25, 0.3) is 5.56 Å². The van der Waals surface area contributed by atoms with E-state index in [-0.39, 0.29) is 5.56 Å². The van der Waals surface area contributed by atoms with E-state index in [0.29, 0.717) is 22.8 Å². The number of hydrogen-bond donors (Lipinski definition) is 2. The molecule has 1 aliphatic heterocycles. The van der Waals surface area contributed by atoms with Crippen LogP contribution in [0.15, 0.2) is 23.0 Å². The smallest absolute Gasteiger partial charge is 0.260 e. The molecule has 1 aliphatic rings. The first kappa shape index (κ1) is 13.1. The molecular weight excluding hydrogens is 261 g/mol. The number of rotatable bonds is 3. The summed E-state index contributed by atoms with van der Waals surface area (Å²) in [5.74, 6) is 0.503. The van der Waals surface area contributed by atoms with Crippen molar-refractivity contribution in [2.45, 2.75) is 12.8 Å². The van der Waals surface area contributed by atoms with Crippen molar-refractivity contribution < 1.29 is 9.13 Å². The Morgan fingerprint density at radius 1 is 1.40 bits per heavy atom. The Bertz CT molecular complexity index is 665. The minimum absolute atomic E-state index is 0.260. The molecule has 106 valence electrons. The van der Waals surface area contributed by atoms with Crippen LogP contribution in [0.3, 0.4) is 0 Å².